The molecule has 0 radical (unpaired) electrons. The van der Waals surface area contributed by atoms with Crippen LogP contribution in [0.4, 0.5) is 5.69 Å². The fourth-order valence-electron chi connectivity index (χ4n) is 2.53. The largest absolute Gasteiger partial charge is 0.478 e. The second-order valence-corrected chi connectivity index (χ2v) is 4.81. The van der Waals surface area contributed by atoms with Crippen molar-refractivity contribution in [2.75, 3.05) is 11.9 Å². The highest BCUT2D eigenvalue weighted by Crippen LogP contribution is 2.26. The van der Waals surface area contributed by atoms with E-state index in [2.05, 4.69) is 5.32 Å². The maximum atomic E-state index is 11.0. The lowest BCUT2D eigenvalue weighted by Crippen LogP contribution is -2.12. The normalized spacial score (nSPS) is 16.1. The van der Waals surface area contributed by atoms with Gasteiger partial charge in [-0.1, -0.05) is 18.9 Å². The highest BCUT2D eigenvalue weighted by atomic mass is 16.4. The second-order valence-electron chi connectivity index (χ2n) is 4.81. The molecule has 0 amide bonds. The molecule has 0 unspecified atom stereocenters. The van der Waals surface area contributed by atoms with Crippen molar-refractivity contribution in [2.45, 2.75) is 32.6 Å². The lowest BCUT2D eigenvalue weighted by Gasteiger charge is -2.14. The quantitative estimate of drug-likeness (QED) is 0.839. The van der Waals surface area contributed by atoms with Crippen LogP contribution in [0.2, 0.25) is 0 Å². The molecule has 2 N–H and O–H groups in total. The maximum absolute atomic E-state index is 11.0. The summed E-state index contributed by atoms with van der Waals surface area (Å²) >= 11 is 0. The van der Waals surface area contributed by atoms with Gasteiger partial charge in [-0.25, -0.2) is 4.79 Å². The van der Waals surface area contributed by atoms with Crippen LogP contribution in [0.15, 0.2) is 18.2 Å². The summed E-state index contributed by atoms with van der Waals surface area (Å²) in [6.45, 7) is 2.82. The van der Waals surface area contributed by atoms with Crippen LogP contribution in [0.1, 0.15) is 41.6 Å². The Morgan fingerprint density at radius 1 is 1.41 bits per heavy atom. The molecule has 0 bridgehead atoms. The lowest BCUT2D eigenvalue weighted by molar-refractivity contribution is 0.0696. The number of rotatable bonds is 4. The van der Waals surface area contributed by atoms with Crippen LogP contribution in [0.3, 0.4) is 0 Å². The summed E-state index contributed by atoms with van der Waals surface area (Å²) in [7, 11) is 0. The van der Waals surface area contributed by atoms with Crippen LogP contribution in [0.5, 0.6) is 0 Å². The molecule has 92 valence electrons. The minimum absolute atomic E-state index is 0.390. The van der Waals surface area contributed by atoms with E-state index in [4.69, 9.17) is 5.11 Å². The van der Waals surface area contributed by atoms with Gasteiger partial charge in [0.25, 0.3) is 0 Å². The summed E-state index contributed by atoms with van der Waals surface area (Å²) in [6, 6.07) is 5.41. The van der Waals surface area contributed by atoms with E-state index in [-0.39, 0.29) is 0 Å². The summed E-state index contributed by atoms with van der Waals surface area (Å²) in [4.78, 5) is 11.0. The van der Waals surface area contributed by atoms with Crippen molar-refractivity contribution in [1.29, 1.82) is 0 Å². The maximum Gasteiger partial charge on any atom is 0.336 e. The van der Waals surface area contributed by atoms with Crippen LogP contribution in [-0.4, -0.2) is 17.6 Å². The number of carboxylic acids is 1. The molecule has 0 saturated heterocycles. The van der Waals surface area contributed by atoms with Crippen LogP contribution >= 0.6 is 0 Å². The molecule has 1 aliphatic carbocycles. The van der Waals surface area contributed by atoms with Gasteiger partial charge in [0.05, 0.1) is 5.56 Å². The number of carboxylic acid groups (broad SMARTS) is 1. The van der Waals surface area contributed by atoms with Crippen molar-refractivity contribution in [2.24, 2.45) is 5.92 Å². The smallest absolute Gasteiger partial charge is 0.336 e. The molecular weight excluding hydrogens is 214 g/mol. The molecule has 0 atom stereocenters. The van der Waals surface area contributed by atoms with Gasteiger partial charge in [0.15, 0.2) is 0 Å². The van der Waals surface area contributed by atoms with Crippen LogP contribution in [0, 0.1) is 12.8 Å². The van der Waals surface area contributed by atoms with Gasteiger partial charge in [0, 0.05) is 12.2 Å². The van der Waals surface area contributed by atoms with Gasteiger partial charge >= 0.3 is 5.97 Å². The van der Waals surface area contributed by atoms with Crippen molar-refractivity contribution in [3.8, 4) is 0 Å². The van der Waals surface area contributed by atoms with E-state index in [1.54, 1.807) is 12.1 Å². The van der Waals surface area contributed by atoms with E-state index < -0.39 is 5.97 Å². The Labute approximate surface area is 102 Å². The van der Waals surface area contributed by atoms with E-state index >= 15 is 0 Å². The molecular formula is C14H19NO2. The number of hydrogen-bond acceptors (Lipinski definition) is 2. The summed E-state index contributed by atoms with van der Waals surface area (Å²) in [5, 5.41) is 12.4. The van der Waals surface area contributed by atoms with Crippen LogP contribution in [0.25, 0.3) is 0 Å². The zero-order chi connectivity index (χ0) is 12.3. The van der Waals surface area contributed by atoms with Gasteiger partial charge in [0.1, 0.15) is 0 Å². The Bertz CT molecular complexity index is 409. The predicted octanol–water partition coefficient (Wildman–Crippen LogP) is 3.30. The fraction of sp³-hybridized carbons (Fsp3) is 0.500. The minimum Gasteiger partial charge on any atom is -0.478 e. The number of carbonyl (C=O) groups is 1. The van der Waals surface area contributed by atoms with E-state index in [1.165, 1.54) is 25.7 Å². The molecule has 1 saturated carbocycles. The topological polar surface area (TPSA) is 49.3 Å². The van der Waals surface area contributed by atoms with Crippen LogP contribution in [-0.2, 0) is 0 Å². The van der Waals surface area contributed by atoms with E-state index in [1.807, 2.05) is 13.0 Å². The third-order valence-electron chi connectivity index (χ3n) is 3.62. The van der Waals surface area contributed by atoms with Crippen molar-refractivity contribution >= 4 is 11.7 Å². The SMILES string of the molecule is Cc1c(NCC2CCCC2)cccc1C(=O)O. The number of aromatic carboxylic acids is 1. The van der Waals surface area contributed by atoms with Crippen molar-refractivity contribution in [3.05, 3.63) is 29.3 Å². The third-order valence-corrected chi connectivity index (χ3v) is 3.62. The molecule has 3 heteroatoms. The Balaban J connectivity index is 2.04. The first-order valence-corrected chi connectivity index (χ1v) is 6.25. The Kier molecular flexibility index (Phi) is 3.67. The molecule has 2 rings (SSSR count). The second kappa shape index (κ2) is 5.21. The van der Waals surface area contributed by atoms with Crippen LogP contribution < -0.4 is 5.32 Å². The molecule has 1 aliphatic rings. The molecule has 0 aliphatic heterocycles. The molecule has 0 heterocycles. The molecule has 0 aromatic heterocycles. The van der Waals surface area contributed by atoms with Gasteiger partial charge in [-0.15, -0.1) is 0 Å². The molecule has 1 aromatic rings. The minimum atomic E-state index is -0.855. The first kappa shape index (κ1) is 12.0. The number of benzene rings is 1. The monoisotopic (exact) mass is 233 g/mol. The lowest BCUT2D eigenvalue weighted by atomic mass is 10.1. The molecule has 0 spiro atoms. The van der Waals surface area contributed by atoms with Crippen molar-refractivity contribution < 1.29 is 9.90 Å². The van der Waals surface area contributed by atoms with E-state index in [9.17, 15) is 4.79 Å². The first-order chi connectivity index (χ1) is 8.18. The first-order valence-electron chi connectivity index (χ1n) is 6.25. The Morgan fingerprint density at radius 3 is 2.76 bits per heavy atom. The predicted molar refractivity (Wildman–Crippen MR) is 68.6 cm³/mol. The van der Waals surface area contributed by atoms with Crippen molar-refractivity contribution in [1.82, 2.24) is 0 Å². The third kappa shape index (κ3) is 2.78. The number of hydrogen-bond donors (Lipinski definition) is 2. The average Bonchev–Trinajstić information content (AvgIpc) is 2.80. The van der Waals surface area contributed by atoms with Gasteiger partial charge in [-0.3, -0.25) is 0 Å². The summed E-state index contributed by atoms with van der Waals surface area (Å²) in [5.41, 5.74) is 2.18. The highest BCUT2D eigenvalue weighted by Gasteiger charge is 2.15. The zero-order valence-electron chi connectivity index (χ0n) is 10.2. The van der Waals surface area contributed by atoms with Gasteiger partial charge in [0.2, 0.25) is 0 Å². The van der Waals surface area contributed by atoms with Crippen molar-refractivity contribution in [3.63, 3.8) is 0 Å². The zero-order valence-corrected chi connectivity index (χ0v) is 10.2. The van der Waals surface area contributed by atoms with Gasteiger partial charge in [-0.05, 0) is 43.4 Å². The Hall–Kier alpha value is -1.51. The summed E-state index contributed by atoms with van der Waals surface area (Å²) < 4.78 is 0. The standard InChI is InChI=1S/C14H19NO2/c1-10-12(14(16)17)7-4-8-13(10)15-9-11-5-2-3-6-11/h4,7-8,11,15H,2-3,5-6,9H2,1H3,(H,16,17). The molecule has 17 heavy (non-hydrogen) atoms. The highest BCUT2D eigenvalue weighted by molar-refractivity contribution is 5.91. The molecule has 3 nitrogen and oxygen atoms in total. The van der Waals surface area contributed by atoms with E-state index in [0.29, 0.717) is 5.56 Å². The summed E-state index contributed by atoms with van der Waals surface area (Å²) in [6.07, 6.45) is 5.26. The molecule has 1 fully saturated rings. The number of nitrogens with one attached hydrogen (secondary N) is 1. The molecule has 1 aromatic carbocycles. The number of anilines is 1. The van der Waals surface area contributed by atoms with Gasteiger partial charge < -0.3 is 10.4 Å². The van der Waals surface area contributed by atoms with Gasteiger partial charge in [-0.2, -0.15) is 0 Å². The Morgan fingerprint density at radius 2 is 2.12 bits per heavy atom. The fourth-order valence-corrected chi connectivity index (χ4v) is 2.53. The average molecular weight is 233 g/mol. The summed E-state index contributed by atoms with van der Waals surface area (Å²) in [5.74, 6) is -0.102. The van der Waals surface area contributed by atoms with E-state index in [0.717, 1.165) is 23.7 Å².